The zero-order valence-corrected chi connectivity index (χ0v) is 16.7. The molecule has 0 aliphatic carbocycles. The number of amides is 2. The molecular weight excluding hydrogens is 374 g/mol. The lowest BCUT2D eigenvalue weighted by molar-refractivity contribution is 0.164. The number of hydrogen-bond donors (Lipinski definition) is 2. The van der Waals surface area contributed by atoms with E-state index in [2.05, 4.69) is 6.58 Å². The molecule has 0 saturated heterocycles. The highest BCUT2D eigenvalue weighted by molar-refractivity contribution is 5.91. The SMILES string of the molecule is C=C(c1cc(OC)c(OC)c(OC)c1)c1ccc2c(ccn2N(C)C(=O)NO)c1. The number of hydrogen-bond acceptors (Lipinski definition) is 5. The smallest absolute Gasteiger partial charge is 0.359 e. The van der Waals surface area contributed by atoms with Crippen LogP contribution in [0, 0.1) is 0 Å². The molecule has 0 saturated carbocycles. The molecule has 0 aliphatic heterocycles. The van der Waals surface area contributed by atoms with Gasteiger partial charge in [-0.1, -0.05) is 12.6 Å². The van der Waals surface area contributed by atoms with E-state index in [0.717, 1.165) is 27.6 Å². The van der Waals surface area contributed by atoms with E-state index in [1.165, 1.54) is 5.01 Å². The maximum Gasteiger partial charge on any atom is 0.359 e. The summed E-state index contributed by atoms with van der Waals surface area (Å²) in [6.45, 7) is 4.23. The molecule has 3 aromatic rings. The van der Waals surface area contributed by atoms with Crippen LogP contribution in [0.1, 0.15) is 11.1 Å². The van der Waals surface area contributed by atoms with E-state index < -0.39 is 6.03 Å². The zero-order valence-electron chi connectivity index (χ0n) is 16.7. The number of nitrogens with one attached hydrogen (secondary N) is 1. The van der Waals surface area contributed by atoms with Crippen LogP contribution in [0.3, 0.4) is 0 Å². The van der Waals surface area contributed by atoms with Gasteiger partial charge in [-0.15, -0.1) is 0 Å². The summed E-state index contributed by atoms with van der Waals surface area (Å²) >= 11 is 0. The van der Waals surface area contributed by atoms with E-state index in [-0.39, 0.29) is 0 Å². The highest BCUT2D eigenvalue weighted by atomic mass is 16.5. The normalized spacial score (nSPS) is 10.5. The van der Waals surface area contributed by atoms with Crippen LogP contribution in [0.2, 0.25) is 0 Å². The standard InChI is InChI=1S/C21H23N3O5/c1-13(16-11-18(27-3)20(29-5)19(12-16)28-4)14-6-7-17-15(10-14)8-9-24(17)23(2)21(25)22-26/h6-12,26H,1H2,2-5H3,(H,22,25). The Kier molecular flexibility index (Phi) is 5.65. The van der Waals surface area contributed by atoms with Crippen molar-refractivity contribution in [1.29, 1.82) is 0 Å². The van der Waals surface area contributed by atoms with Gasteiger partial charge in [0.1, 0.15) is 0 Å². The van der Waals surface area contributed by atoms with Gasteiger partial charge in [-0.25, -0.2) is 15.3 Å². The number of carbonyl (C=O) groups is 1. The maximum absolute atomic E-state index is 11.7. The molecule has 0 fully saturated rings. The molecule has 1 aromatic heterocycles. The van der Waals surface area contributed by atoms with Gasteiger partial charge >= 0.3 is 6.03 Å². The van der Waals surface area contributed by atoms with Gasteiger partial charge in [0.05, 0.1) is 26.8 Å². The third-order valence-corrected chi connectivity index (χ3v) is 4.74. The molecule has 8 nitrogen and oxygen atoms in total. The van der Waals surface area contributed by atoms with Gasteiger partial charge in [0, 0.05) is 18.6 Å². The fourth-order valence-corrected chi connectivity index (χ4v) is 3.17. The summed E-state index contributed by atoms with van der Waals surface area (Å²) in [5.74, 6) is 1.61. The first-order chi connectivity index (χ1) is 13.9. The van der Waals surface area contributed by atoms with Crippen LogP contribution < -0.4 is 24.7 Å². The summed E-state index contributed by atoms with van der Waals surface area (Å²) in [6.07, 6.45) is 1.74. The van der Waals surface area contributed by atoms with Gasteiger partial charge in [-0.3, -0.25) is 9.88 Å². The number of benzene rings is 2. The average molecular weight is 397 g/mol. The molecular formula is C21H23N3O5. The monoisotopic (exact) mass is 397 g/mol. The number of aromatic nitrogens is 1. The molecule has 0 unspecified atom stereocenters. The number of methoxy groups -OCH3 is 3. The number of nitrogens with zero attached hydrogens (tertiary/aromatic N) is 2. The van der Waals surface area contributed by atoms with Gasteiger partial charge < -0.3 is 14.2 Å². The average Bonchev–Trinajstić information content (AvgIpc) is 3.19. The molecule has 3 rings (SSSR count). The van der Waals surface area contributed by atoms with Crippen LogP contribution in [-0.4, -0.2) is 44.3 Å². The Morgan fingerprint density at radius 3 is 2.24 bits per heavy atom. The molecule has 8 heteroatoms. The summed E-state index contributed by atoms with van der Waals surface area (Å²) in [6, 6.07) is 10.7. The lowest BCUT2D eigenvalue weighted by Crippen LogP contribution is -2.42. The van der Waals surface area contributed by atoms with Crippen molar-refractivity contribution in [2.24, 2.45) is 0 Å². The van der Waals surface area contributed by atoms with Gasteiger partial charge in [0.15, 0.2) is 11.5 Å². The van der Waals surface area contributed by atoms with E-state index in [9.17, 15) is 4.79 Å². The van der Waals surface area contributed by atoms with E-state index in [4.69, 9.17) is 19.4 Å². The number of carbonyl (C=O) groups excluding carboxylic acids is 1. The van der Waals surface area contributed by atoms with Crippen LogP contribution in [-0.2, 0) is 0 Å². The number of ether oxygens (including phenoxy) is 3. The van der Waals surface area contributed by atoms with Crippen molar-refractivity contribution in [3.8, 4) is 17.2 Å². The molecule has 2 aromatic carbocycles. The number of urea groups is 1. The number of hydroxylamine groups is 1. The molecule has 2 amide bonds. The van der Waals surface area contributed by atoms with Gasteiger partial charge in [0.25, 0.3) is 0 Å². The van der Waals surface area contributed by atoms with Crippen LogP contribution in [0.25, 0.3) is 16.5 Å². The molecule has 29 heavy (non-hydrogen) atoms. The van der Waals surface area contributed by atoms with Crippen LogP contribution in [0.4, 0.5) is 4.79 Å². The fourth-order valence-electron chi connectivity index (χ4n) is 3.17. The van der Waals surface area contributed by atoms with Crippen molar-refractivity contribution in [3.63, 3.8) is 0 Å². The van der Waals surface area contributed by atoms with Crippen molar-refractivity contribution in [2.45, 2.75) is 0 Å². The molecule has 2 N–H and O–H groups in total. The van der Waals surface area contributed by atoms with Crippen molar-refractivity contribution in [3.05, 3.63) is 60.3 Å². The van der Waals surface area contributed by atoms with E-state index in [0.29, 0.717) is 17.2 Å². The zero-order chi connectivity index (χ0) is 21.1. The lowest BCUT2D eigenvalue weighted by Gasteiger charge is -2.18. The van der Waals surface area contributed by atoms with Crippen molar-refractivity contribution in [2.75, 3.05) is 33.4 Å². The largest absolute Gasteiger partial charge is 0.493 e. The molecule has 0 bridgehead atoms. The molecule has 0 aliphatic rings. The van der Waals surface area contributed by atoms with E-state index >= 15 is 0 Å². The second-order valence-electron chi connectivity index (χ2n) is 6.27. The third kappa shape index (κ3) is 3.57. The second-order valence-corrected chi connectivity index (χ2v) is 6.27. The topological polar surface area (TPSA) is 85.2 Å². The predicted octanol–water partition coefficient (Wildman–Crippen LogP) is 3.40. The Labute approximate surface area is 168 Å². The fraction of sp³-hybridized carbons (Fsp3) is 0.190. The Bertz CT molecular complexity index is 1050. The highest BCUT2D eigenvalue weighted by Gasteiger charge is 2.16. The first kappa shape index (κ1) is 20.1. The first-order valence-electron chi connectivity index (χ1n) is 8.74. The summed E-state index contributed by atoms with van der Waals surface area (Å²) in [4.78, 5) is 11.7. The summed E-state index contributed by atoms with van der Waals surface area (Å²) in [5.41, 5.74) is 4.93. The third-order valence-electron chi connectivity index (χ3n) is 4.74. The van der Waals surface area contributed by atoms with E-state index in [1.807, 2.05) is 36.4 Å². The minimum Gasteiger partial charge on any atom is -0.493 e. The predicted molar refractivity (Wildman–Crippen MR) is 111 cm³/mol. The van der Waals surface area contributed by atoms with Gasteiger partial charge in [-0.2, -0.15) is 0 Å². The Morgan fingerprint density at radius 2 is 1.69 bits per heavy atom. The van der Waals surface area contributed by atoms with Gasteiger partial charge in [-0.05, 0) is 47.0 Å². The molecule has 0 radical (unpaired) electrons. The summed E-state index contributed by atoms with van der Waals surface area (Å²) < 4.78 is 17.9. The second kappa shape index (κ2) is 8.15. The van der Waals surface area contributed by atoms with Crippen LogP contribution >= 0.6 is 0 Å². The molecule has 1 heterocycles. The minimum atomic E-state index is -0.645. The molecule has 0 spiro atoms. The van der Waals surface area contributed by atoms with Crippen molar-refractivity contribution in [1.82, 2.24) is 10.2 Å². The Morgan fingerprint density at radius 1 is 1.03 bits per heavy atom. The van der Waals surface area contributed by atoms with Crippen LogP contribution in [0.5, 0.6) is 17.2 Å². The number of fused-ring (bicyclic) bond motifs is 1. The Balaban J connectivity index is 2.01. The molecule has 152 valence electrons. The summed E-state index contributed by atoms with van der Waals surface area (Å²) in [5, 5.41) is 11.0. The summed E-state index contributed by atoms with van der Waals surface area (Å²) in [7, 11) is 6.24. The Hall–Kier alpha value is -3.65. The quantitative estimate of drug-likeness (QED) is 0.492. The first-order valence-corrected chi connectivity index (χ1v) is 8.74. The number of rotatable bonds is 6. The van der Waals surface area contributed by atoms with E-state index in [1.54, 1.807) is 44.7 Å². The maximum atomic E-state index is 11.7. The highest BCUT2D eigenvalue weighted by Crippen LogP contribution is 2.40. The molecule has 0 atom stereocenters. The lowest BCUT2D eigenvalue weighted by atomic mass is 9.98. The van der Waals surface area contributed by atoms with Crippen molar-refractivity contribution < 1.29 is 24.2 Å². The minimum absolute atomic E-state index is 0.518. The van der Waals surface area contributed by atoms with Gasteiger partial charge in [0.2, 0.25) is 5.75 Å². The van der Waals surface area contributed by atoms with Crippen LogP contribution in [0.15, 0.2) is 49.2 Å². The van der Waals surface area contributed by atoms with Crippen molar-refractivity contribution >= 4 is 22.5 Å².